The van der Waals surface area contributed by atoms with Gasteiger partial charge in [-0.05, 0) is 19.4 Å². The fraction of sp³-hybridized carbons (Fsp3) is 0.750. The summed E-state index contributed by atoms with van der Waals surface area (Å²) in [7, 11) is 0. The third-order valence-corrected chi connectivity index (χ3v) is 2.36. The Morgan fingerprint density at radius 1 is 1.73 bits per heavy atom. The van der Waals surface area contributed by atoms with Gasteiger partial charge in [0.2, 0.25) is 0 Å². The van der Waals surface area contributed by atoms with Crippen LogP contribution in [0.15, 0.2) is 12.2 Å². The molecule has 0 amide bonds. The maximum atomic E-state index is 5.55. The molecule has 11 heavy (non-hydrogen) atoms. The van der Waals surface area contributed by atoms with E-state index in [1.54, 1.807) is 0 Å². The van der Waals surface area contributed by atoms with Crippen LogP contribution in [-0.2, 0) is 9.47 Å². The van der Waals surface area contributed by atoms with E-state index >= 15 is 0 Å². The van der Waals surface area contributed by atoms with Gasteiger partial charge in [0.15, 0.2) is 5.79 Å². The highest BCUT2D eigenvalue weighted by Gasteiger charge is 2.33. The molecule has 0 aromatic heterocycles. The molecule has 3 heteroatoms. The molecule has 0 aliphatic carbocycles. The van der Waals surface area contributed by atoms with E-state index in [4.69, 9.17) is 9.47 Å². The van der Waals surface area contributed by atoms with Gasteiger partial charge in [-0.1, -0.05) is 22.5 Å². The van der Waals surface area contributed by atoms with Crippen molar-refractivity contribution in [2.75, 3.05) is 11.9 Å². The molecule has 1 aliphatic rings. The summed E-state index contributed by atoms with van der Waals surface area (Å²) >= 11 is 3.33. The van der Waals surface area contributed by atoms with Crippen molar-refractivity contribution >= 4 is 15.9 Å². The highest BCUT2D eigenvalue weighted by molar-refractivity contribution is 9.09. The zero-order valence-electron chi connectivity index (χ0n) is 6.89. The molecule has 1 unspecified atom stereocenters. The van der Waals surface area contributed by atoms with E-state index in [9.17, 15) is 0 Å². The molecule has 1 rings (SSSR count). The molecule has 0 bridgehead atoms. The third kappa shape index (κ3) is 2.29. The van der Waals surface area contributed by atoms with Crippen LogP contribution >= 0.6 is 15.9 Å². The summed E-state index contributed by atoms with van der Waals surface area (Å²) in [5.74, 6) is -0.435. The third-order valence-electron chi connectivity index (χ3n) is 1.64. The fourth-order valence-corrected chi connectivity index (χ4v) is 1.34. The summed E-state index contributed by atoms with van der Waals surface area (Å²) in [5, 5.41) is 0.775. The minimum absolute atomic E-state index is 0.0596. The molecule has 0 N–H and O–H groups in total. The average Bonchev–Trinajstić information content (AvgIpc) is 2.29. The van der Waals surface area contributed by atoms with Gasteiger partial charge in [0.25, 0.3) is 0 Å². The first-order chi connectivity index (χ1) is 5.05. The van der Waals surface area contributed by atoms with E-state index in [1.807, 2.05) is 13.8 Å². The van der Waals surface area contributed by atoms with Crippen LogP contribution < -0.4 is 0 Å². The Balaban J connectivity index is 2.48. The van der Waals surface area contributed by atoms with E-state index in [0.29, 0.717) is 6.61 Å². The number of alkyl halides is 1. The van der Waals surface area contributed by atoms with E-state index in [2.05, 4.69) is 22.5 Å². The van der Waals surface area contributed by atoms with Gasteiger partial charge < -0.3 is 9.47 Å². The first-order valence-electron chi connectivity index (χ1n) is 3.60. The van der Waals surface area contributed by atoms with Crippen molar-refractivity contribution in [3.05, 3.63) is 12.2 Å². The standard InChI is InChI=1S/C8H13BrO2/c1-6(4-9)7-5-10-8(2,3)11-7/h7H,1,4-5H2,2-3H3. The predicted octanol–water partition coefficient (Wildman–Crippen LogP) is 2.09. The summed E-state index contributed by atoms with van der Waals surface area (Å²) in [6.45, 7) is 8.31. The minimum Gasteiger partial charge on any atom is -0.347 e. The Kier molecular flexibility index (Phi) is 2.73. The first kappa shape index (κ1) is 9.23. The van der Waals surface area contributed by atoms with E-state index in [-0.39, 0.29) is 6.10 Å². The van der Waals surface area contributed by atoms with Gasteiger partial charge in [-0.15, -0.1) is 0 Å². The van der Waals surface area contributed by atoms with E-state index < -0.39 is 5.79 Å². The molecule has 1 fully saturated rings. The van der Waals surface area contributed by atoms with Gasteiger partial charge in [-0.2, -0.15) is 0 Å². The lowest BCUT2D eigenvalue weighted by Crippen LogP contribution is -2.22. The molecule has 1 atom stereocenters. The van der Waals surface area contributed by atoms with Crippen LogP contribution in [0, 0.1) is 0 Å². The van der Waals surface area contributed by atoms with Crippen LogP contribution in [-0.4, -0.2) is 23.8 Å². The second-order valence-corrected chi connectivity index (χ2v) is 3.67. The molecule has 0 aromatic carbocycles. The van der Waals surface area contributed by atoms with Crippen LogP contribution in [0.25, 0.3) is 0 Å². The predicted molar refractivity (Wildman–Crippen MR) is 47.8 cm³/mol. The van der Waals surface area contributed by atoms with Crippen molar-refractivity contribution in [3.8, 4) is 0 Å². The number of ether oxygens (including phenoxy) is 2. The molecule has 1 aliphatic heterocycles. The zero-order chi connectivity index (χ0) is 8.48. The number of hydrogen-bond acceptors (Lipinski definition) is 2. The smallest absolute Gasteiger partial charge is 0.163 e. The highest BCUT2D eigenvalue weighted by Crippen LogP contribution is 2.26. The van der Waals surface area contributed by atoms with Crippen LogP contribution in [0.2, 0.25) is 0 Å². The van der Waals surface area contributed by atoms with Crippen LogP contribution in [0.1, 0.15) is 13.8 Å². The lowest BCUT2D eigenvalue weighted by molar-refractivity contribution is -0.134. The average molecular weight is 221 g/mol. The second kappa shape index (κ2) is 3.25. The maximum absolute atomic E-state index is 5.55. The van der Waals surface area contributed by atoms with Crippen molar-refractivity contribution in [3.63, 3.8) is 0 Å². The van der Waals surface area contributed by atoms with Crippen LogP contribution in [0.5, 0.6) is 0 Å². The quantitative estimate of drug-likeness (QED) is 0.525. The summed E-state index contributed by atoms with van der Waals surface area (Å²) < 4.78 is 10.9. The van der Waals surface area contributed by atoms with Crippen molar-refractivity contribution in [1.82, 2.24) is 0 Å². The summed E-state index contributed by atoms with van der Waals surface area (Å²) in [5.41, 5.74) is 1.04. The molecule has 1 saturated heterocycles. The van der Waals surface area contributed by atoms with Gasteiger partial charge in [0, 0.05) is 5.33 Å². The Morgan fingerprint density at radius 2 is 2.36 bits per heavy atom. The molecule has 0 spiro atoms. The van der Waals surface area contributed by atoms with Crippen LogP contribution in [0.3, 0.4) is 0 Å². The molecule has 64 valence electrons. The maximum Gasteiger partial charge on any atom is 0.163 e. The lowest BCUT2D eigenvalue weighted by atomic mass is 10.2. The molecule has 0 saturated carbocycles. The monoisotopic (exact) mass is 220 g/mol. The summed E-state index contributed by atoms with van der Waals surface area (Å²) in [4.78, 5) is 0. The van der Waals surface area contributed by atoms with Gasteiger partial charge in [0.1, 0.15) is 6.10 Å². The Morgan fingerprint density at radius 3 is 2.73 bits per heavy atom. The molecular formula is C8H13BrO2. The lowest BCUT2D eigenvalue weighted by Gasteiger charge is -2.17. The second-order valence-electron chi connectivity index (χ2n) is 3.11. The molecule has 0 radical (unpaired) electrons. The van der Waals surface area contributed by atoms with Crippen molar-refractivity contribution in [2.45, 2.75) is 25.7 Å². The SMILES string of the molecule is C=C(CBr)C1COC(C)(C)O1. The highest BCUT2D eigenvalue weighted by atomic mass is 79.9. The molecular weight excluding hydrogens is 208 g/mol. The summed E-state index contributed by atoms with van der Waals surface area (Å²) in [6, 6.07) is 0. The molecule has 1 heterocycles. The summed E-state index contributed by atoms with van der Waals surface area (Å²) in [6.07, 6.45) is 0.0596. The topological polar surface area (TPSA) is 18.5 Å². The largest absolute Gasteiger partial charge is 0.347 e. The molecule has 2 nitrogen and oxygen atoms in total. The molecule has 0 aromatic rings. The number of hydrogen-bond donors (Lipinski definition) is 0. The van der Waals surface area contributed by atoms with E-state index in [1.165, 1.54) is 0 Å². The normalized spacial score (nSPS) is 28.8. The van der Waals surface area contributed by atoms with Gasteiger partial charge in [0.05, 0.1) is 6.61 Å². The Hall–Kier alpha value is 0.140. The van der Waals surface area contributed by atoms with Gasteiger partial charge >= 0.3 is 0 Å². The van der Waals surface area contributed by atoms with Crippen LogP contribution in [0.4, 0.5) is 0 Å². The Bertz CT molecular complexity index is 165. The zero-order valence-corrected chi connectivity index (χ0v) is 8.48. The van der Waals surface area contributed by atoms with Crippen molar-refractivity contribution < 1.29 is 9.47 Å². The minimum atomic E-state index is -0.435. The number of rotatable bonds is 2. The Labute approximate surface area is 75.7 Å². The number of halogens is 1. The van der Waals surface area contributed by atoms with Gasteiger partial charge in [-0.25, -0.2) is 0 Å². The van der Waals surface area contributed by atoms with Gasteiger partial charge in [-0.3, -0.25) is 0 Å². The fourth-order valence-electron chi connectivity index (χ4n) is 0.974. The van der Waals surface area contributed by atoms with Crippen molar-refractivity contribution in [2.24, 2.45) is 0 Å². The van der Waals surface area contributed by atoms with Crippen molar-refractivity contribution in [1.29, 1.82) is 0 Å². The van der Waals surface area contributed by atoms with E-state index in [0.717, 1.165) is 10.9 Å². The first-order valence-corrected chi connectivity index (χ1v) is 4.73.